The zero-order valence-electron chi connectivity index (χ0n) is 13.9. The minimum absolute atomic E-state index is 0.326. The van der Waals surface area contributed by atoms with Crippen LogP contribution in [0.4, 0.5) is 9.52 Å². The number of nitrogens with one attached hydrogen (secondary N) is 1. The van der Waals surface area contributed by atoms with Crippen molar-refractivity contribution < 1.29 is 18.7 Å². The second-order valence-electron chi connectivity index (χ2n) is 5.48. The van der Waals surface area contributed by atoms with E-state index in [-0.39, 0.29) is 5.82 Å². The Balaban J connectivity index is 1.56. The van der Waals surface area contributed by atoms with Gasteiger partial charge >= 0.3 is 5.97 Å². The largest absolute Gasteiger partial charge is 0.452 e. The van der Waals surface area contributed by atoms with Gasteiger partial charge in [0.15, 0.2) is 11.7 Å². The Morgan fingerprint density at radius 3 is 2.62 bits per heavy atom. The van der Waals surface area contributed by atoms with Gasteiger partial charge in [0.1, 0.15) is 5.82 Å². The summed E-state index contributed by atoms with van der Waals surface area (Å²) in [6, 6.07) is 12.9. The van der Waals surface area contributed by atoms with E-state index in [0.717, 1.165) is 11.1 Å². The van der Waals surface area contributed by atoms with Gasteiger partial charge < -0.3 is 4.74 Å². The number of rotatable bonds is 5. The van der Waals surface area contributed by atoms with E-state index >= 15 is 0 Å². The van der Waals surface area contributed by atoms with Gasteiger partial charge in [0.2, 0.25) is 0 Å². The lowest BCUT2D eigenvalue weighted by Gasteiger charge is -2.06. The van der Waals surface area contributed by atoms with Gasteiger partial charge in [0, 0.05) is 10.9 Å². The number of hydrogen-bond acceptors (Lipinski definition) is 5. The lowest BCUT2D eigenvalue weighted by Crippen LogP contribution is -2.21. The fourth-order valence-electron chi connectivity index (χ4n) is 2.25. The Labute approximate surface area is 153 Å². The first kappa shape index (κ1) is 17.8. The molecule has 0 fully saturated rings. The fraction of sp³-hybridized carbons (Fsp3) is 0.105. The first-order chi connectivity index (χ1) is 12.5. The number of ether oxygens (including phenoxy) is 1. The highest BCUT2D eigenvalue weighted by Gasteiger charge is 2.13. The Kier molecular flexibility index (Phi) is 5.38. The average Bonchev–Trinajstić information content (AvgIpc) is 3.09. The summed E-state index contributed by atoms with van der Waals surface area (Å²) >= 11 is 1.23. The molecule has 0 unspecified atom stereocenters. The van der Waals surface area contributed by atoms with Crippen LogP contribution in [0.25, 0.3) is 11.3 Å². The third-order valence-electron chi connectivity index (χ3n) is 3.59. The maximum Gasteiger partial charge on any atom is 0.338 e. The third-order valence-corrected chi connectivity index (χ3v) is 4.35. The number of amides is 1. The van der Waals surface area contributed by atoms with Crippen LogP contribution in [-0.2, 0) is 9.53 Å². The van der Waals surface area contributed by atoms with Gasteiger partial charge in [0.05, 0.1) is 11.3 Å². The fourth-order valence-corrected chi connectivity index (χ4v) is 2.99. The molecule has 1 heterocycles. The molecular formula is C19H15FN2O3S. The molecular weight excluding hydrogens is 355 g/mol. The quantitative estimate of drug-likeness (QED) is 0.688. The molecule has 3 aromatic rings. The van der Waals surface area contributed by atoms with Gasteiger partial charge in [-0.1, -0.05) is 18.2 Å². The monoisotopic (exact) mass is 370 g/mol. The first-order valence-corrected chi connectivity index (χ1v) is 8.65. The van der Waals surface area contributed by atoms with Crippen molar-refractivity contribution in [3.8, 4) is 11.3 Å². The molecule has 132 valence electrons. The molecule has 5 nitrogen and oxygen atoms in total. The third kappa shape index (κ3) is 4.31. The van der Waals surface area contributed by atoms with Gasteiger partial charge in [-0.15, -0.1) is 11.3 Å². The van der Waals surface area contributed by atoms with E-state index in [1.54, 1.807) is 42.6 Å². The van der Waals surface area contributed by atoms with Crippen molar-refractivity contribution >= 4 is 28.3 Å². The van der Waals surface area contributed by atoms with Crippen molar-refractivity contribution in [3.05, 3.63) is 70.9 Å². The van der Waals surface area contributed by atoms with Crippen molar-refractivity contribution in [1.29, 1.82) is 0 Å². The summed E-state index contributed by atoms with van der Waals surface area (Å²) in [6.45, 7) is 1.39. The molecule has 0 saturated carbocycles. The predicted molar refractivity (Wildman–Crippen MR) is 97.6 cm³/mol. The van der Waals surface area contributed by atoms with Crippen molar-refractivity contribution in [2.45, 2.75) is 6.92 Å². The lowest BCUT2D eigenvalue weighted by atomic mass is 10.1. The molecule has 0 aliphatic rings. The highest BCUT2D eigenvalue weighted by atomic mass is 32.1. The van der Waals surface area contributed by atoms with Crippen molar-refractivity contribution in [3.63, 3.8) is 0 Å². The van der Waals surface area contributed by atoms with Gasteiger partial charge in [-0.25, -0.2) is 14.2 Å². The SMILES string of the molecule is Cc1ccccc1C(=O)OCC(=O)Nc1nc(-c2ccc(F)cc2)cs1. The first-order valence-electron chi connectivity index (χ1n) is 7.77. The van der Waals surface area contributed by atoms with Crippen molar-refractivity contribution in [1.82, 2.24) is 4.98 Å². The second kappa shape index (κ2) is 7.88. The Bertz CT molecular complexity index is 938. The van der Waals surface area contributed by atoms with E-state index in [0.29, 0.717) is 16.4 Å². The number of anilines is 1. The molecule has 1 N–H and O–H groups in total. The summed E-state index contributed by atoms with van der Waals surface area (Å²) in [5, 5.41) is 4.71. The maximum atomic E-state index is 13.0. The van der Waals surface area contributed by atoms with Crippen LogP contribution in [0.2, 0.25) is 0 Å². The number of carbonyl (C=O) groups excluding carboxylic acids is 2. The van der Waals surface area contributed by atoms with Crippen LogP contribution < -0.4 is 5.32 Å². The summed E-state index contributed by atoms with van der Waals surface area (Å²) in [5.74, 6) is -1.36. The van der Waals surface area contributed by atoms with Crippen LogP contribution in [-0.4, -0.2) is 23.5 Å². The van der Waals surface area contributed by atoms with Crippen LogP contribution in [0.15, 0.2) is 53.9 Å². The van der Waals surface area contributed by atoms with Crippen molar-refractivity contribution in [2.24, 2.45) is 0 Å². The summed E-state index contributed by atoms with van der Waals surface area (Å²) in [7, 11) is 0. The topological polar surface area (TPSA) is 68.3 Å². The van der Waals surface area contributed by atoms with Crippen LogP contribution in [0, 0.1) is 12.7 Å². The summed E-state index contributed by atoms with van der Waals surface area (Å²) < 4.78 is 18.0. The van der Waals surface area contributed by atoms with Crippen LogP contribution in [0.1, 0.15) is 15.9 Å². The molecule has 0 aliphatic heterocycles. The van der Waals surface area contributed by atoms with Crippen molar-refractivity contribution in [2.75, 3.05) is 11.9 Å². The Morgan fingerprint density at radius 1 is 1.15 bits per heavy atom. The molecule has 1 amide bonds. The molecule has 0 saturated heterocycles. The van der Waals surface area contributed by atoms with Gasteiger partial charge in [0.25, 0.3) is 5.91 Å². The number of esters is 1. The number of carbonyl (C=O) groups is 2. The number of thiazole rings is 1. The van der Waals surface area contributed by atoms with E-state index in [1.807, 2.05) is 6.07 Å². The minimum Gasteiger partial charge on any atom is -0.452 e. The van der Waals surface area contributed by atoms with E-state index in [1.165, 1.54) is 23.5 Å². The number of hydrogen-bond donors (Lipinski definition) is 1. The van der Waals surface area contributed by atoms with E-state index in [9.17, 15) is 14.0 Å². The standard InChI is InChI=1S/C19H15FN2O3S/c1-12-4-2-3-5-15(12)18(24)25-10-17(23)22-19-21-16(11-26-19)13-6-8-14(20)9-7-13/h2-9,11H,10H2,1H3,(H,21,22,23). The normalized spacial score (nSPS) is 10.4. The Morgan fingerprint density at radius 2 is 1.88 bits per heavy atom. The molecule has 0 spiro atoms. The molecule has 7 heteroatoms. The summed E-state index contributed by atoms with van der Waals surface area (Å²) in [5.41, 5.74) is 2.58. The van der Waals surface area contributed by atoms with Gasteiger partial charge in [-0.05, 0) is 42.8 Å². The van der Waals surface area contributed by atoms with E-state index in [2.05, 4.69) is 10.3 Å². The summed E-state index contributed by atoms with van der Waals surface area (Å²) in [4.78, 5) is 28.2. The lowest BCUT2D eigenvalue weighted by molar-refractivity contribution is -0.119. The van der Waals surface area contributed by atoms with Crippen LogP contribution >= 0.6 is 11.3 Å². The zero-order chi connectivity index (χ0) is 18.5. The number of halogens is 1. The van der Waals surface area contributed by atoms with E-state index < -0.39 is 18.5 Å². The Hall–Kier alpha value is -3.06. The molecule has 1 aromatic heterocycles. The number of aromatic nitrogens is 1. The van der Waals surface area contributed by atoms with Gasteiger partial charge in [-0.2, -0.15) is 0 Å². The molecule has 2 aromatic carbocycles. The highest BCUT2D eigenvalue weighted by Crippen LogP contribution is 2.25. The number of benzene rings is 2. The minimum atomic E-state index is -0.551. The zero-order valence-corrected chi connectivity index (χ0v) is 14.7. The number of nitrogens with zero attached hydrogens (tertiary/aromatic N) is 1. The smallest absolute Gasteiger partial charge is 0.338 e. The second-order valence-corrected chi connectivity index (χ2v) is 6.34. The molecule has 0 aliphatic carbocycles. The molecule has 0 atom stereocenters. The van der Waals surface area contributed by atoms with Gasteiger partial charge in [-0.3, -0.25) is 10.1 Å². The average molecular weight is 370 g/mol. The summed E-state index contributed by atoms with van der Waals surface area (Å²) in [6.07, 6.45) is 0. The highest BCUT2D eigenvalue weighted by molar-refractivity contribution is 7.14. The molecule has 0 radical (unpaired) electrons. The molecule has 26 heavy (non-hydrogen) atoms. The molecule has 0 bridgehead atoms. The van der Waals surface area contributed by atoms with E-state index in [4.69, 9.17) is 4.74 Å². The van der Waals surface area contributed by atoms with Crippen LogP contribution in [0.3, 0.4) is 0 Å². The van der Waals surface area contributed by atoms with Crippen LogP contribution in [0.5, 0.6) is 0 Å². The predicted octanol–water partition coefficient (Wildman–Crippen LogP) is 4.05. The number of aryl methyl sites for hydroxylation is 1. The maximum absolute atomic E-state index is 13.0. The molecule has 3 rings (SSSR count).